The van der Waals surface area contributed by atoms with Crippen molar-refractivity contribution >= 4 is 21.4 Å². The van der Waals surface area contributed by atoms with Crippen molar-refractivity contribution in [2.24, 2.45) is 0 Å². The van der Waals surface area contributed by atoms with Gasteiger partial charge in [-0.2, -0.15) is 0 Å². The van der Waals surface area contributed by atoms with Gasteiger partial charge in [-0.05, 0) is 37.6 Å². The molecule has 1 aromatic rings. The Morgan fingerprint density at radius 2 is 1.85 bits per heavy atom. The van der Waals surface area contributed by atoms with E-state index in [1.54, 1.807) is 12.1 Å². The summed E-state index contributed by atoms with van der Waals surface area (Å²) in [6.45, 7) is 4.22. The van der Waals surface area contributed by atoms with Gasteiger partial charge in [0.1, 0.15) is 0 Å². The van der Waals surface area contributed by atoms with Crippen LogP contribution in [-0.4, -0.2) is 33.2 Å². The summed E-state index contributed by atoms with van der Waals surface area (Å²) < 4.78 is 22.6. The molecule has 0 radical (unpaired) electrons. The Balaban J connectivity index is 2.48. The van der Waals surface area contributed by atoms with Gasteiger partial charge < -0.3 is 10.6 Å². The Kier molecular flexibility index (Phi) is 6.01. The monoisotopic (exact) mass is 298 g/mol. The summed E-state index contributed by atoms with van der Waals surface area (Å²) in [4.78, 5) is 11.9. The van der Waals surface area contributed by atoms with Crippen LogP contribution in [-0.2, 0) is 14.6 Å². The average Bonchev–Trinajstić information content (AvgIpc) is 2.36. The predicted octanol–water partition coefficient (Wildman–Crippen LogP) is 1.81. The molecule has 1 amide bonds. The highest BCUT2D eigenvalue weighted by atomic mass is 32.2. The van der Waals surface area contributed by atoms with E-state index in [1.165, 1.54) is 12.1 Å². The van der Waals surface area contributed by atoms with E-state index in [1.807, 2.05) is 6.92 Å². The highest BCUT2D eigenvalue weighted by molar-refractivity contribution is 7.90. The molecule has 112 valence electrons. The average molecular weight is 298 g/mol. The van der Waals surface area contributed by atoms with Crippen LogP contribution in [0.5, 0.6) is 0 Å². The van der Waals surface area contributed by atoms with Gasteiger partial charge in [0.25, 0.3) is 0 Å². The van der Waals surface area contributed by atoms with E-state index in [2.05, 4.69) is 17.6 Å². The van der Waals surface area contributed by atoms with Gasteiger partial charge in [-0.15, -0.1) is 0 Å². The van der Waals surface area contributed by atoms with Gasteiger partial charge in [0, 0.05) is 18.0 Å². The zero-order valence-corrected chi connectivity index (χ0v) is 13.0. The first-order valence-corrected chi connectivity index (χ1v) is 8.55. The fourth-order valence-electron chi connectivity index (χ4n) is 1.83. The number of nitrogens with one attached hydrogen (secondary N) is 2. The molecule has 1 atom stereocenters. The third kappa shape index (κ3) is 5.61. The highest BCUT2D eigenvalue weighted by Gasteiger charge is 2.08. The summed E-state index contributed by atoms with van der Waals surface area (Å²) in [6.07, 6.45) is 3.15. The molecule has 0 aliphatic carbocycles. The lowest BCUT2D eigenvalue weighted by atomic mass is 10.2. The highest BCUT2D eigenvalue weighted by Crippen LogP contribution is 2.13. The number of amides is 1. The number of carbonyl (C=O) groups is 1. The molecule has 20 heavy (non-hydrogen) atoms. The van der Waals surface area contributed by atoms with Crippen molar-refractivity contribution < 1.29 is 13.2 Å². The lowest BCUT2D eigenvalue weighted by molar-refractivity contribution is -0.120. The number of hydrogen-bond acceptors (Lipinski definition) is 4. The molecule has 2 N–H and O–H groups in total. The van der Waals surface area contributed by atoms with Gasteiger partial charge in [-0.25, -0.2) is 8.42 Å². The maximum atomic E-state index is 11.7. The van der Waals surface area contributed by atoms with Crippen molar-refractivity contribution in [2.75, 3.05) is 18.1 Å². The minimum absolute atomic E-state index is 0.0712. The predicted molar refractivity (Wildman–Crippen MR) is 80.6 cm³/mol. The van der Waals surface area contributed by atoms with Crippen LogP contribution < -0.4 is 10.6 Å². The van der Waals surface area contributed by atoms with Crippen LogP contribution in [0.15, 0.2) is 29.2 Å². The summed E-state index contributed by atoms with van der Waals surface area (Å²) in [5.41, 5.74) is 0.718. The van der Waals surface area contributed by atoms with E-state index < -0.39 is 9.84 Å². The summed E-state index contributed by atoms with van der Waals surface area (Å²) in [5.74, 6) is -0.0712. The zero-order valence-electron chi connectivity index (χ0n) is 12.1. The standard InChI is InChI=1S/C14H22N2O3S/c1-4-5-11(2)16-14(17)10-15-12-6-8-13(9-7-12)20(3,18)19/h6-9,11,15H,4-5,10H2,1-3H3,(H,16,17). The maximum Gasteiger partial charge on any atom is 0.239 e. The topological polar surface area (TPSA) is 75.3 Å². The Labute approximate surface area is 120 Å². The van der Waals surface area contributed by atoms with E-state index >= 15 is 0 Å². The molecule has 0 aliphatic rings. The molecule has 0 aromatic heterocycles. The van der Waals surface area contributed by atoms with Crippen molar-refractivity contribution in [1.82, 2.24) is 5.32 Å². The van der Waals surface area contributed by atoms with E-state index in [9.17, 15) is 13.2 Å². The second-order valence-corrected chi connectivity index (χ2v) is 6.92. The quantitative estimate of drug-likeness (QED) is 0.805. The van der Waals surface area contributed by atoms with Gasteiger partial charge >= 0.3 is 0 Å². The molecule has 0 bridgehead atoms. The zero-order chi connectivity index (χ0) is 15.2. The molecule has 0 saturated heterocycles. The summed E-state index contributed by atoms with van der Waals surface area (Å²) >= 11 is 0. The molecule has 0 heterocycles. The third-order valence-corrected chi connectivity index (χ3v) is 3.99. The van der Waals surface area contributed by atoms with Crippen molar-refractivity contribution in [3.8, 4) is 0 Å². The van der Waals surface area contributed by atoms with Crippen LogP contribution in [0.2, 0.25) is 0 Å². The van der Waals surface area contributed by atoms with Crippen LogP contribution in [0.3, 0.4) is 0 Å². The van der Waals surface area contributed by atoms with Crippen molar-refractivity contribution in [3.05, 3.63) is 24.3 Å². The SMILES string of the molecule is CCCC(C)NC(=O)CNc1ccc(S(C)(=O)=O)cc1. The molecule has 1 unspecified atom stereocenters. The van der Waals surface area contributed by atoms with Crippen LogP contribution in [0.1, 0.15) is 26.7 Å². The summed E-state index contributed by atoms with van der Waals surface area (Å²) in [5, 5.41) is 5.85. The molecular weight excluding hydrogens is 276 g/mol. The van der Waals surface area contributed by atoms with Crippen LogP contribution in [0.4, 0.5) is 5.69 Å². The van der Waals surface area contributed by atoms with Gasteiger partial charge in [-0.3, -0.25) is 4.79 Å². The first-order valence-electron chi connectivity index (χ1n) is 6.66. The second kappa shape index (κ2) is 7.28. The van der Waals surface area contributed by atoms with Gasteiger partial charge in [-0.1, -0.05) is 13.3 Å². The van der Waals surface area contributed by atoms with Gasteiger partial charge in [0.05, 0.1) is 11.4 Å². The molecule has 6 heteroatoms. The summed E-state index contributed by atoms with van der Waals surface area (Å²) in [7, 11) is -3.18. The molecule has 0 spiro atoms. The third-order valence-electron chi connectivity index (χ3n) is 2.86. The molecule has 0 fully saturated rings. The fraction of sp³-hybridized carbons (Fsp3) is 0.500. The number of carbonyl (C=O) groups excluding carboxylic acids is 1. The minimum atomic E-state index is -3.18. The second-order valence-electron chi connectivity index (χ2n) is 4.91. The number of hydrogen-bond donors (Lipinski definition) is 2. The van der Waals surface area contributed by atoms with E-state index in [0.29, 0.717) is 0 Å². The fourth-order valence-corrected chi connectivity index (χ4v) is 2.46. The number of anilines is 1. The molecular formula is C14H22N2O3S. The molecule has 0 aliphatic heterocycles. The van der Waals surface area contributed by atoms with Crippen LogP contribution >= 0.6 is 0 Å². The Bertz CT molecular complexity index is 538. The smallest absolute Gasteiger partial charge is 0.239 e. The number of rotatable bonds is 7. The largest absolute Gasteiger partial charge is 0.376 e. The van der Waals surface area contributed by atoms with Crippen molar-refractivity contribution in [3.63, 3.8) is 0 Å². The Morgan fingerprint density at radius 1 is 1.25 bits per heavy atom. The first-order chi connectivity index (χ1) is 9.32. The number of benzene rings is 1. The van der Waals surface area contributed by atoms with E-state index in [4.69, 9.17) is 0 Å². The van der Waals surface area contributed by atoms with Crippen LogP contribution in [0, 0.1) is 0 Å². The van der Waals surface area contributed by atoms with Gasteiger partial charge in [0.2, 0.25) is 5.91 Å². The van der Waals surface area contributed by atoms with E-state index in [-0.39, 0.29) is 23.4 Å². The minimum Gasteiger partial charge on any atom is -0.376 e. The lowest BCUT2D eigenvalue weighted by Gasteiger charge is -2.13. The Hall–Kier alpha value is -1.56. The molecule has 1 rings (SSSR count). The first kappa shape index (κ1) is 16.5. The molecule has 0 saturated carbocycles. The maximum absolute atomic E-state index is 11.7. The molecule has 1 aromatic carbocycles. The van der Waals surface area contributed by atoms with Gasteiger partial charge in [0.15, 0.2) is 9.84 Å². The summed E-state index contributed by atoms with van der Waals surface area (Å²) in [6, 6.07) is 6.52. The van der Waals surface area contributed by atoms with Crippen molar-refractivity contribution in [2.45, 2.75) is 37.6 Å². The van der Waals surface area contributed by atoms with E-state index in [0.717, 1.165) is 24.8 Å². The lowest BCUT2D eigenvalue weighted by Crippen LogP contribution is -2.36. The van der Waals surface area contributed by atoms with Crippen molar-refractivity contribution in [1.29, 1.82) is 0 Å². The van der Waals surface area contributed by atoms with Crippen LogP contribution in [0.25, 0.3) is 0 Å². The normalized spacial score (nSPS) is 12.8. The molecule has 5 nitrogen and oxygen atoms in total. The number of sulfone groups is 1. The Morgan fingerprint density at radius 3 is 2.35 bits per heavy atom.